The molecule has 0 saturated heterocycles. The van der Waals surface area contributed by atoms with Gasteiger partial charge in [-0.2, -0.15) is 5.10 Å². The molecule has 0 bridgehead atoms. The fourth-order valence-corrected chi connectivity index (χ4v) is 2.42. The van der Waals surface area contributed by atoms with Gasteiger partial charge < -0.3 is 0 Å². The monoisotopic (exact) mass is 331 g/mol. The Morgan fingerprint density at radius 2 is 1.96 bits per heavy atom. The smallest absolute Gasteiger partial charge is 0.258 e. The standard InChI is InChI=1S/C17H13N7O/c25-16(13-6-4-5-12(9-13)15-18-10-19-22-15)21-17-23-20-11-24(17)14-7-2-1-3-8-14/h1-11H,(H,18,19,22)(H,21,23,25). The van der Waals surface area contributed by atoms with Gasteiger partial charge in [0.1, 0.15) is 12.7 Å². The number of rotatable bonds is 4. The van der Waals surface area contributed by atoms with Crippen LogP contribution in [-0.2, 0) is 0 Å². The maximum atomic E-state index is 12.6. The lowest BCUT2D eigenvalue weighted by Crippen LogP contribution is -2.15. The molecule has 0 atom stereocenters. The molecule has 0 fully saturated rings. The van der Waals surface area contributed by atoms with Crippen LogP contribution in [0.25, 0.3) is 17.1 Å². The second kappa shape index (κ2) is 6.36. The summed E-state index contributed by atoms with van der Waals surface area (Å²) in [5, 5.41) is 17.2. The Morgan fingerprint density at radius 1 is 1.08 bits per heavy atom. The molecule has 2 N–H and O–H groups in total. The summed E-state index contributed by atoms with van der Waals surface area (Å²) in [5.41, 5.74) is 2.12. The highest BCUT2D eigenvalue weighted by Gasteiger charge is 2.13. The van der Waals surface area contributed by atoms with Crippen molar-refractivity contribution in [2.45, 2.75) is 0 Å². The van der Waals surface area contributed by atoms with Gasteiger partial charge in [0.05, 0.1) is 5.69 Å². The van der Waals surface area contributed by atoms with Gasteiger partial charge in [-0.1, -0.05) is 30.3 Å². The molecular weight excluding hydrogens is 318 g/mol. The summed E-state index contributed by atoms with van der Waals surface area (Å²) in [6.45, 7) is 0. The molecule has 4 rings (SSSR count). The van der Waals surface area contributed by atoms with Crippen molar-refractivity contribution in [3.8, 4) is 17.1 Å². The van der Waals surface area contributed by atoms with Gasteiger partial charge in [0.15, 0.2) is 5.82 Å². The van der Waals surface area contributed by atoms with Crippen molar-refractivity contribution in [2.24, 2.45) is 0 Å². The first-order chi connectivity index (χ1) is 12.3. The zero-order valence-corrected chi connectivity index (χ0v) is 13.0. The minimum atomic E-state index is -0.286. The zero-order chi connectivity index (χ0) is 17.1. The van der Waals surface area contributed by atoms with Crippen LogP contribution >= 0.6 is 0 Å². The van der Waals surface area contributed by atoms with Crippen LogP contribution in [0, 0.1) is 0 Å². The molecule has 25 heavy (non-hydrogen) atoms. The van der Waals surface area contributed by atoms with Crippen LogP contribution in [0.1, 0.15) is 10.4 Å². The lowest BCUT2D eigenvalue weighted by Gasteiger charge is -2.08. The third-order valence-electron chi connectivity index (χ3n) is 3.62. The van der Waals surface area contributed by atoms with E-state index in [2.05, 4.69) is 30.7 Å². The van der Waals surface area contributed by atoms with E-state index < -0.39 is 0 Å². The summed E-state index contributed by atoms with van der Waals surface area (Å²) in [4.78, 5) is 16.7. The maximum Gasteiger partial charge on any atom is 0.258 e. The van der Waals surface area contributed by atoms with Gasteiger partial charge in [0, 0.05) is 11.1 Å². The van der Waals surface area contributed by atoms with Crippen molar-refractivity contribution < 1.29 is 4.79 Å². The first-order valence-corrected chi connectivity index (χ1v) is 7.54. The van der Waals surface area contributed by atoms with Gasteiger partial charge in [0.25, 0.3) is 5.91 Å². The topological polar surface area (TPSA) is 101 Å². The third-order valence-corrected chi connectivity index (χ3v) is 3.62. The predicted octanol–water partition coefficient (Wildman–Crippen LogP) is 2.30. The number of carbonyl (C=O) groups excluding carboxylic acids is 1. The lowest BCUT2D eigenvalue weighted by molar-refractivity contribution is 0.102. The molecule has 0 radical (unpaired) electrons. The van der Waals surface area contributed by atoms with Crippen molar-refractivity contribution >= 4 is 11.9 Å². The van der Waals surface area contributed by atoms with Crippen molar-refractivity contribution in [1.82, 2.24) is 29.9 Å². The van der Waals surface area contributed by atoms with Crippen LogP contribution < -0.4 is 5.32 Å². The van der Waals surface area contributed by atoms with E-state index in [1.807, 2.05) is 36.4 Å². The van der Waals surface area contributed by atoms with Gasteiger partial charge >= 0.3 is 0 Å². The Bertz CT molecular complexity index is 993. The van der Waals surface area contributed by atoms with Gasteiger partial charge in [0.2, 0.25) is 5.95 Å². The van der Waals surface area contributed by atoms with Crippen LogP contribution in [0.3, 0.4) is 0 Å². The SMILES string of the molecule is O=C(Nc1nncn1-c1ccccc1)c1cccc(-c2ncn[nH]2)c1. The normalized spacial score (nSPS) is 10.6. The predicted molar refractivity (Wildman–Crippen MR) is 91.1 cm³/mol. The van der Waals surface area contributed by atoms with E-state index in [-0.39, 0.29) is 5.91 Å². The molecule has 8 heteroatoms. The number of aromatic nitrogens is 6. The number of anilines is 1. The van der Waals surface area contributed by atoms with Gasteiger partial charge in [-0.05, 0) is 24.3 Å². The third kappa shape index (κ3) is 3.00. The Morgan fingerprint density at radius 3 is 2.76 bits per heavy atom. The number of hydrogen-bond acceptors (Lipinski definition) is 5. The van der Waals surface area contributed by atoms with Crippen LogP contribution in [-0.4, -0.2) is 35.9 Å². The molecule has 8 nitrogen and oxygen atoms in total. The van der Waals surface area contributed by atoms with E-state index in [4.69, 9.17) is 0 Å². The molecule has 0 aliphatic rings. The van der Waals surface area contributed by atoms with E-state index >= 15 is 0 Å². The highest BCUT2D eigenvalue weighted by molar-refractivity contribution is 6.04. The van der Waals surface area contributed by atoms with Gasteiger partial charge in [-0.15, -0.1) is 10.2 Å². The summed E-state index contributed by atoms with van der Waals surface area (Å²) < 4.78 is 1.71. The molecule has 2 heterocycles. The molecule has 0 saturated carbocycles. The highest BCUT2D eigenvalue weighted by Crippen LogP contribution is 2.17. The number of amides is 1. The molecule has 2 aromatic carbocycles. The van der Waals surface area contributed by atoms with Crippen molar-refractivity contribution in [3.63, 3.8) is 0 Å². The summed E-state index contributed by atoms with van der Waals surface area (Å²) in [5.74, 6) is 0.662. The van der Waals surface area contributed by atoms with Crippen molar-refractivity contribution in [3.05, 3.63) is 72.8 Å². The number of aromatic amines is 1. The summed E-state index contributed by atoms with van der Waals surface area (Å²) in [6.07, 6.45) is 2.97. The number of nitrogens with zero attached hydrogens (tertiary/aromatic N) is 5. The molecule has 4 aromatic rings. The van der Waals surface area contributed by atoms with E-state index in [0.29, 0.717) is 17.3 Å². The number of benzene rings is 2. The van der Waals surface area contributed by atoms with Gasteiger partial charge in [-0.25, -0.2) is 4.98 Å². The molecule has 0 aliphatic carbocycles. The number of H-pyrrole nitrogens is 1. The molecule has 1 amide bonds. The highest BCUT2D eigenvalue weighted by atomic mass is 16.1. The Hall–Kier alpha value is -3.81. The van der Waals surface area contributed by atoms with Crippen molar-refractivity contribution in [2.75, 3.05) is 5.32 Å². The average molecular weight is 331 g/mol. The molecule has 122 valence electrons. The number of hydrogen-bond donors (Lipinski definition) is 2. The maximum absolute atomic E-state index is 12.6. The quantitative estimate of drug-likeness (QED) is 0.597. The summed E-state index contributed by atoms with van der Waals surface area (Å²) in [6, 6.07) is 16.6. The van der Waals surface area contributed by atoms with Gasteiger partial charge in [-0.3, -0.25) is 19.8 Å². The molecule has 0 spiro atoms. The minimum absolute atomic E-state index is 0.286. The van der Waals surface area contributed by atoms with E-state index in [1.54, 1.807) is 29.1 Å². The molecular formula is C17H13N7O. The van der Waals surface area contributed by atoms with E-state index in [0.717, 1.165) is 11.3 Å². The van der Waals surface area contributed by atoms with Crippen LogP contribution in [0.4, 0.5) is 5.95 Å². The van der Waals surface area contributed by atoms with E-state index in [9.17, 15) is 4.79 Å². The molecule has 0 unspecified atom stereocenters. The second-order valence-electron chi connectivity index (χ2n) is 5.23. The lowest BCUT2D eigenvalue weighted by atomic mass is 10.1. The largest absolute Gasteiger partial charge is 0.290 e. The zero-order valence-electron chi connectivity index (χ0n) is 13.0. The first-order valence-electron chi connectivity index (χ1n) is 7.54. The summed E-state index contributed by atoms with van der Waals surface area (Å²) in [7, 11) is 0. The number of para-hydroxylation sites is 1. The summed E-state index contributed by atoms with van der Waals surface area (Å²) >= 11 is 0. The Labute approximate surface area is 142 Å². The molecule has 0 aliphatic heterocycles. The van der Waals surface area contributed by atoms with Crippen molar-refractivity contribution in [1.29, 1.82) is 0 Å². The number of nitrogens with one attached hydrogen (secondary N) is 2. The van der Waals surface area contributed by atoms with Crippen LogP contribution in [0.5, 0.6) is 0 Å². The van der Waals surface area contributed by atoms with Crippen LogP contribution in [0.2, 0.25) is 0 Å². The fraction of sp³-hybridized carbons (Fsp3) is 0. The second-order valence-corrected chi connectivity index (χ2v) is 5.23. The Balaban J connectivity index is 1.60. The Kier molecular flexibility index (Phi) is 3.76. The minimum Gasteiger partial charge on any atom is -0.290 e. The number of carbonyl (C=O) groups is 1. The average Bonchev–Trinajstić information content (AvgIpc) is 3.34. The van der Waals surface area contributed by atoms with Crippen LogP contribution in [0.15, 0.2) is 67.3 Å². The first kappa shape index (κ1) is 14.8. The fourth-order valence-electron chi connectivity index (χ4n) is 2.42. The van der Waals surface area contributed by atoms with E-state index in [1.165, 1.54) is 6.33 Å². The molecule has 2 aromatic heterocycles.